The van der Waals surface area contributed by atoms with Gasteiger partial charge in [-0.25, -0.2) is 9.97 Å². The summed E-state index contributed by atoms with van der Waals surface area (Å²) in [5, 5.41) is 1.17. The number of nitrogens with zero attached hydrogens (tertiary/aromatic N) is 3. The van der Waals surface area contributed by atoms with E-state index >= 15 is 0 Å². The molecule has 4 heteroatoms. The molecule has 0 saturated heterocycles. The van der Waals surface area contributed by atoms with E-state index in [0.29, 0.717) is 11.8 Å². The molecule has 0 aliphatic carbocycles. The quantitative estimate of drug-likeness (QED) is 0.307. The first-order valence-corrected chi connectivity index (χ1v) is 13.3. The van der Waals surface area contributed by atoms with Crippen LogP contribution in [0.3, 0.4) is 0 Å². The molecule has 2 atom stereocenters. The molecule has 0 amide bonds. The maximum Gasteiger partial charge on any atom is 0.122 e. The summed E-state index contributed by atoms with van der Waals surface area (Å²) in [6.07, 6.45) is 8.06. The molecule has 2 aliphatic rings. The van der Waals surface area contributed by atoms with Crippen molar-refractivity contribution in [1.29, 1.82) is 0 Å². The lowest BCUT2D eigenvalue weighted by Gasteiger charge is -2.28. The molecule has 0 bridgehead atoms. The second-order valence-electron chi connectivity index (χ2n) is 10.5. The van der Waals surface area contributed by atoms with Crippen LogP contribution in [0.2, 0.25) is 0 Å². The fourth-order valence-electron chi connectivity index (χ4n) is 5.81. The van der Waals surface area contributed by atoms with Gasteiger partial charge in [0.1, 0.15) is 12.1 Å². The minimum atomic E-state index is 0.505. The summed E-state index contributed by atoms with van der Waals surface area (Å²) in [7, 11) is 0. The first-order chi connectivity index (χ1) is 17.6. The average Bonchev–Trinajstić information content (AvgIpc) is 3.07. The SMILES string of the molecule is CC1=Nc2cc(-c3ccc4c(c3)CC(C)C(Cc3ncnc5ccccc35)CCO4)ccc2CCC1. The molecule has 1 aromatic heterocycles. The molecular formula is C32H33N3O. The molecule has 0 radical (unpaired) electrons. The lowest BCUT2D eigenvalue weighted by Crippen LogP contribution is -2.23. The van der Waals surface area contributed by atoms with E-state index in [4.69, 9.17) is 9.73 Å². The van der Waals surface area contributed by atoms with Crippen LogP contribution in [-0.2, 0) is 19.3 Å². The molecule has 0 saturated carbocycles. The van der Waals surface area contributed by atoms with E-state index in [1.54, 1.807) is 6.33 Å². The Hall–Kier alpha value is -3.53. The topological polar surface area (TPSA) is 47.4 Å². The fraction of sp³-hybridized carbons (Fsp3) is 0.344. The van der Waals surface area contributed by atoms with Crippen LogP contribution in [0.5, 0.6) is 5.75 Å². The van der Waals surface area contributed by atoms with Crippen molar-refractivity contribution in [2.45, 2.75) is 52.4 Å². The maximum atomic E-state index is 6.29. The zero-order valence-corrected chi connectivity index (χ0v) is 21.2. The van der Waals surface area contributed by atoms with Gasteiger partial charge < -0.3 is 4.74 Å². The average molecular weight is 476 g/mol. The third kappa shape index (κ3) is 4.65. The van der Waals surface area contributed by atoms with E-state index < -0.39 is 0 Å². The summed E-state index contributed by atoms with van der Waals surface area (Å²) in [4.78, 5) is 14.0. The Morgan fingerprint density at radius 3 is 2.72 bits per heavy atom. The Morgan fingerprint density at radius 2 is 1.78 bits per heavy atom. The smallest absolute Gasteiger partial charge is 0.122 e. The van der Waals surface area contributed by atoms with Crippen molar-refractivity contribution in [2.24, 2.45) is 16.8 Å². The third-order valence-electron chi connectivity index (χ3n) is 7.95. The molecule has 4 nitrogen and oxygen atoms in total. The summed E-state index contributed by atoms with van der Waals surface area (Å²) >= 11 is 0. The van der Waals surface area contributed by atoms with Gasteiger partial charge in [0, 0.05) is 11.1 Å². The minimum Gasteiger partial charge on any atom is -0.493 e. The van der Waals surface area contributed by atoms with Gasteiger partial charge in [0.05, 0.1) is 23.5 Å². The van der Waals surface area contributed by atoms with Crippen LogP contribution in [0, 0.1) is 11.8 Å². The molecule has 36 heavy (non-hydrogen) atoms. The normalized spacial score (nSPS) is 19.8. The van der Waals surface area contributed by atoms with E-state index in [9.17, 15) is 0 Å². The van der Waals surface area contributed by atoms with Crippen LogP contribution in [0.4, 0.5) is 5.69 Å². The minimum absolute atomic E-state index is 0.505. The number of hydrogen-bond acceptors (Lipinski definition) is 4. The van der Waals surface area contributed by atoms with Crippen molar-refractivity contribution in [2.75, 3.05) is 6.61 Å². The summed E-state index contributed by atoms with van der Waals surface area (Å²) < 4.78 is 6.29. The Kier molecular flexibility index (Phi) is 6.27. The summed E-state index contributed by atoms with van der Waals surface area (Å²) in [6.45, 7) is 5.26. The fourth-order valence-corrected chi connectivity index (χ4v) is 5.81. The number of rotatable bonds is 3. The van der Waals surface area contributed by atoms with Crippen LogP contribution >= 0.6 is 0 Å². The van der Waals surface area contributed by atoms with Gasteiger partial charge in [-0.05, 0) is 104 Å². The van der Waals surface area contributed by atoms with Gasteiger partial charge in [0.25, 0.3) is 0 Å². The Bertz CT molecular complexity index is 1440. The molecule has 6 rings (SSSR count). The number of fused-ring (bicyclic) bond motifs is 3. The van der Waals surface area contributed by atoms with Crippen molar-refractivity contribution < 1.29 is 4.74 Å². The Balaban J connectivity index is 1.27. The van der Waals surface area contributed by atoms with E-state index in [1.807, 2.05) is 6.07 Å². The van der Waals surface area contributed by atoms with Crippen molar-refractivity contribution in [1.82, 2.24) is 9.97 Å². The highest BCUT2D eigenvalue weighted by atomic mass is 16.5. The Labute approximate surface area is 213 Å². The summed E-state index contributed by atoms with van der Waals surface area (Å²) in [5.41, 5.74) is 9.66. The van der Waals surface area contributed by atoms with Gasteiger partial charge in [0.15, 0.2) is 0 Å². The highest BCUT2D eigenvalue weighted by molar-refractivity contribution is 5.86. The number of aryl methyl sites for hydroxylation is 1. The number of aliphatic imine (C=N–C) groups is 1. The molecule has 0 spiro atoms. The monoisotopic (exact) mass is 475 g/mol. The van der Waals surface area contributed by atoms with E-state index in [-0.39, 0.29) is 0 Å². The van der Waals surface area contributed by atoms with Crippen LogP contribution < -0.4 is 4.74 Å². The third-order valence-corrected chi connectivity index (χ3v) is 7.95. The first-order valence-electron chi connectivity index (χ1n) is 13.3. The summed E-state index contributed by atoms with van der Waals surface area (Å²) in [5.74, 6) is 2.06. The van der Waals surface area contributed by atoms with Crippen LogP contribution in [0.1, 0.15) is 49.9 Å². The van der Waals surface area contributed by atoms with Gasteiger partial charge in [0.2, 0.25) is 0 Å². The lowest BCUT2D eigenvalue weighted by atomic mass is 9.81. The lowest BCUT2D eigenvalue weighted by molar-refractivity contribution is 0.221. The molecule has 0 N–H and O–H groups in total. The molecule has 3 aromatic carbocycles. The van der Waals surface area contributed by atoms with Crippen molar-refractivity contribution >= 4 is 22.3 Å². The molecular weight excluding hydrogens is 442 g/mol. The number of hydrogen-bond donors (Lipinski definition) is 0. The van der Waals surface area contributed by atoms with E-state index in [0.717, 1.165) is 61.4 Å². The predicted molar refractivity (Wildman–Crippen MR) is 147 cm³/mol. The first kappa shape index (κ1) is 22.9. The van der Waals surface area contributed by atoms with Crippen molar-refractivity contribution in [3.8, 4) is 16.9 Å². The zero-order valence-electron chi connectivity index (χ0n) is 21.2. The van der Waals surface area contributed by atoms with E-state index in [1.165, 1.54) is 39.8 Å². The molecule has 4 aromatic rings. The predicted octanol–water partition coefficient (Wildman–Crippen LogP) is 7.55. The molecule has 0 fully saturated rings. The zero-order chi connectivity index (χ0) is 24.5. The highest BCUT2D eigenvalue weighted by Crippen LogP contribution is 2.36. The van der Waals surface area contributed by atoms with Crippen molar-refractivity contribution in [3.05, 3.63) is 83.8 Å². The number of ether oxygens (including phenoxy) is 1. The second-order valence-corrected chi connectivity index (χ2v) is 10.5. The van der Waals surface area contributed by atoms with Gasteiger partial charge in [-0.2, -0.15) is 0 Å². The summed E-state index contributed by atoms with van der Waals surface area (Å²) in [6, 6.07) is 21.8. The Morgan fingerprint density at radius 1 is 0.917 bits per heavy atom. The maximum absolute atomic E-state index is 6.29. The standard InChI is InChI=1S/C32H33N3O/c1-21-16-27-17-25(26-11-10-23-7-5-6-22(2)35-30(23)19-26)12-13-32(27)36-15-14-24(21)18-31-28-8-3-4-9-29(28)33-20-34-31/h3-4,8-13,17,19-21,24H,5-7,14-16,18H2,1-2H3. The highest BCUT2D eigenvalue weighted by Gasteiger charge is 2.24. The second kappa shape index (κ2) is 9.85. The largest absolute Gasteiger partial charge is 0.493 e. The van der Waals surface area contributed by atoms with E-state index in [2.05, 4.69) is 78.4 Å². The number of benzene rings is 3. The molecule has 2 unspecified atom stereocenters. The van der Waals surface area contributed by atoms with Gasteiger partial charge in [-0.1, -0.05) is 43.3 Å². The molecule has 3 heterocycles. The van der Waals surface area contributed by atoms with Crippen molar-refractivity contribution in [3.63, 3.8) is 0 Å². The van der Waals surface area contributed by atoms with Crippen LogP contribution in [0.15, 0.2) is 72.0 Å². The van der Waals surface area contributed by atoms with Crippen LogP contribution in [-0.4, -0.2) is 22.3 Å². The molecule has 182 valence electrons. The van der Waals surface area contributed by atoms with Gasteiger partial charge in [-0.15, -0.1) is 0 Å². The van der Waals surface area contributed by atoms with Gasteiger partial charge >= 0.3 is 0 Å². The number of para-hydroxylation sites is 1. The molecule has 2 aliphatic heterocycles. The number of aromatic nitrogens is 2. The van der Waals surface area contributed by atoms with Gasteiger partial charge in [-0.3, -0.25) is 4.99 Å². The van der Waals surface area contributed by atoms with Crippen LogP contribution in [0.25, 0.3) is 22.0 Å².